The van der Waals surface area contributed by atoms with Gasteiger partial charge in [-0.2, -0.15) is 0 Å². The highest BCUT2D eigenvalue weighted by atomic mass is 16.3. The van der Waals surface area contributed by atoms with Gasteiger partial charge in [-0.05, 0) is 97.9 Å². The molecule has 8 heteroatoms. The van der Waals surface area contributed by atoms with Crippen molar-refractivity contribution in [3.63, 3.8) is 0 Å². The maximum absolute atomic E-state index is 12.6. The Bertz CT molecular complexity index is 2740. The van der Waals surface area contributed by atoms with Gasteiger partial charge in [-0.15, -0.1) is 0 Å². The Balaban J connectivity index is 1.52. The van der Waals surface area contributed by atoms with Gasteiger partial charge in [0.15, 0.2) is 0 Å². The maximum Gasteiger partial charge on any atom is 0.126 e. The van der Waals surface area contributed by atoms with Crippen LogP contribution in [0.25, 0.3) is 0 Å². The predicted molar refractivity (Wildman–Crippen MR) is 285 cm³/mol. The Morgan fingerprint density at radius 3 is 0.528 bits per heavy atom. The molecule has 1 aliphatic carbocycles. The molecular weight excluding hydrogens is 897 g/mol. The number of aromatic hydroxyl groups is 8. The van der Waals surface area contributed by atoms with E-state index in [1.165, 1.54) is 0 Å². The van der Waals surface area contributed by atoms with Gasteiger partial charge in [-0.1, -0.05) is 149 Å². The molecule has 1 aliphatic rings. The van der Waals surface area contributed by atoms with E-state index in [0.717, 1.165) is 22.3 Å². The van der Waals surface area contributed by atoms with Crippen LogP contribution in [0.3, 0.4) is 0 Å². The summed E-state index contributed by atoms with van der Waals surface area (Å²) in [7, 11) is 0. The van der Waals surface area contributed by atoms with E-state index in [9.17, 15) is 40.9 Å². The summed E-state index contributed by atoms with van der Waals surface area (Å²) in [5.74, 6) is -6.57. The summed E-state index contributed by atoms with van der Waals surface area (Å²) in [6, 6.07) is 46.3. The SMILES string of the molecule is Cc1c(O)c2cc(c1O)C(C(C)c1ccccc1)c1cc(c(O)c(C)c1O)C(C(C)c1ccccc1)c1cc(c(O)c(C)c1O)C(C(C)c1ccccc1)c1cc(c(O)c(C)c1O)C2C(C)c1ccccc1. The summed E-state index contributed by atoms with van der Waals surface area (Å²) in [6.07, 6.45) is 0. The van der Waals surface area contributed by atoms with Crippen molar-refractivity contribution in [1.82, 2.24) is 0 Å². The third-order valence-corrected chi connectivity index (χ3v) is 16.3. The molecule has 368 valence electrons. The Morgan fingerprint density at radius 1 is 0.250 bits per heavy atom. The quantitative estimate of drug-likeness (QED) is 0.0747. The van der Waals surface area contributed by atoms with Crippen molar-refractivity contribution in [2.75, 3.05) is 0 Å². The van der Waals surface area contributed by atoms with E-state index in [-0.39, 0.29) is 68.2 Å². The van der Waals surface area contributed by atoms with Crippen LogP contribution < -0.4 is 0 Å². The normalized spacial score (nSPS) is 18.2. The van der Waals surface area contributed by atoms with Crippen molar-refractivity contribution in [3.05, 3.63) is 235 Å². The lowest BCUT2D eigenvalue weighted by Crippen LogP contribution is -2.19. The molecular formula is C64H64O8. The molecule has 8 N–H and O–H groups in total. The van der Waals surface area contributed by atoms with E-state index in [4.69, 9.17) is 0 Å². The molecule has 0 saturated carbocycles. The molecule has 0 spiro atoms. The predicted octanol–water partition coefficient (Wildman–Crippen LogP) is 14.6. The second-order valence-corrected chi connectivity index (χ2v) is 20.2. The highest BCUT2D eigenvalue weighted by molar-refractivity contribution is 5.69. The fourth-order valence-corrected chi connectivity index (χ4v) is 11.9. The van der Waals surface area contributed by atoms with Crippen molar-refractivity contribution in [1.29, 1.82) is 0 Å². The van der Waals surface area contributed by atoms with Gasteiger partial charge in [0.25, 0.3) is 0 Å². The largest absolute Gasteiger partial charge is 0.507 e. The van der Waals surface area contributed by atoms with E-state index < -0.39 is 47.3 Å². The number of phenolic OH excluding ortho intramolecular Hbond substituents is 8. The van der Waals surface area contributed by atoms with Crippen LogP contribution in [0.5, 0.6) is 46.0 Å². The summed E-state index contributed by atoms with van der Waals surface area (Å²) in [6.45, 7) is 14.7. The third-order valence-electron chi connectivity index (χ3n) is 16.3. The number of fused-ring (bicyclic) bond motifs is 8. The number of hydrogen-bond acceptors (Lipinski definition) is 8. The molecule has 0 heterocycles. The van der Waals surface area contributed by atoms with Crippen molar-refractivity contribution in [2.45, 2.75) is 103 Å². The Kier molecular flexibility index (Phi) is 13.2. The fourth-order valence-electron chi connectivity index (χ4n) is 11.9. The Labute approximate surface area is 422 Å². The van der Waals surface area contributed by atoms with Crippen LogP contribution in [0.4, 0.5) is 0 Å². The van der Waals surface area contributed by atoms with Gasteiger partial charge in [0, 0.05) is 90.4 Å². The number of hydrogen-bond donors (Lipinski definition) is 8. The summed E-state index contributed by atoms with van der Waals surface area (Å²) >= 11 is 0. The lowest BCUT2D eigenvalue weighted by Gasteiger charge is -2.35. The zero-order valence-corrected chi connectivity index (χ0v) is 42.1. The Hall–Kier alpha value is -7.84. The standard InChI is InChI=1S/C64H64O8/c1-33(41-21-13-9-14-22-41)53-45-29-47(59(67)37(5)57(45)65)54(34(2)42-23-15-10-16-24-42)49-31-51(63(71)39(7)61(49)69)56(36(4)44-27-19-12-20-28-44)52-32-50(62(70)40(8)64(52)72)55(35(3)43-25-17-11-18-26-43)48-30-46(53)58(66)38(6)60(48)68/h9-36,53-56,65-72H,1-8H3. The number of rotatable bonds is 8. The summed E-state index contributed by atoms with van der Waals surface area (Å²) in [5, 5.41) is 101. The molecule has 4 unspecified atom stereocenters. The molecule has 8 aromatic carbocycles. The van der Waals surface area contributed by atoms with Crippen molar-refractivity contribution < 1.29 is 40.9 Å². The summed E-state index contributed by atoms with van der Waals surface area (Å²) < 4.78 is 0. The van der Waals surface area contributed by atoms with Gasteiger partial charge in [0.2, 0.25) is 0 Å². The first-order chi connectivity index (χ1) is 34.4. The molecule has 8 nitrogen and oxygen atoms in total. The van der Waals surface area contributed by atoms with Crippen LogP contribution >= 0.6 is 0 Å². The van der Waals surface area contributed by atoms with Crippen molar-refractivity contribution >= 4 is 0 Å². The van der Waals surface area contributed by atoms with Crippen LogP contribution in [0.15, 0.2) is 146 Å². The van der Waals surface area contributed by atoms with Crippen LogP contribution in [0.1, 0.15) is 164 Å². The van der Waals surface area contributed by atoms with Gasteiger partial charge in [-0.3, -0.25) is 0 Å². The van der Waals surface area contributed by atoms with E-state index in [0.29, 0.717) is 44.5 Å². The van der Waals surface area contributed by atoms with Crippen molar-refractivity contribution in [3.8, 4) is 46.0 Å². The summed E-state index contributed by atoms with van der Waals surface area (Å²) in [4.78, 5) is 0. The van der Waals surface area contributed by atoms with Crippen LogP contribution in [0, 0.1) is 27.7 Å². The third kappa shape index (κ3) is 8.22. The minimum absolute atomic E-state index is 0.183. The number of benzene rings is 8. The summed E-state index contributed by atoms with van der Waals surface area (Å²) in [5.41, 5.74) is 7.48. The molecule has 0 saturated heterocycles. The highest BCUT2D eigenvalue weighted by Crippen LogP contribution is 2.59. The lowest BCUT2D eigenvalue weighted by atomic mass is 9.69. The second kappa shape index (κ2) is 19.4. The molecule has 72 heavy (non-hydrogen) atoms. The van der Waals surface area contributed by atoms with Crippen LogP contribution in [-0.2, 0) is 0 Å². The molecule has 9 rings (SSSR count). The van der Waals surface area contributed by atoms with Crippen LogP contribution in [-0.4, -0.2) is 40.9 Å². The average Bonchev–Trinajstić information content (AvgIpc) is 3.40. The second-order valence-electron chi connectivity index (χ2n) is 20.2. The van der Waals surface area contributed by atoms with Gasteiger partial charge in [-0.25, -0.2) is 0 Å². The lowest BCUT2D eigenvalue weighted by molar-refractivity contribution is 0.410. The minimum atomic E-state index is -0.829. The molecule has 0 aliphatic heterocycles. The van der Waals surface area contributed by atoms with Gasteiger partial charge in [0.05, 0.1) is 0 Å². The van der Waals surface area contributed by atoms with Crippen molar-refractivity contribution in [2.24, 2.45) is 0 Å². The van der Waals surface area contributed by atoms with E-state index in [1.807, 2.05) is 149 Å². The van der Waals surface area contributed by atoms with Gasteiger partial charge < -0.3 is 40.9 Å². The molecule has 0 fully saturated rings. The molecule has 0 aromatic heterocycles. The monoisotopic (exact) mass is 960 g/mol. The first-order valence-corrected chi connectivity index (χ1v) is 24.8. The highest BCUT2D eigenvalue weighted by Gasteiger charge is 2.40. The maximum atomic E-state index is 12.6. The van der Waals surface area contributed by atoms with E-state index in [1.54, 1.807) is 52.0 Å². The molecule has 0 amide bonds. The van der Waals surface area contributed by atoms with Gasteiger partial charge in [0.1, 0.15) is 46.0 Å². The number of phenols is 8. The van der Waals surface area contributed by atoms with Crippen LogP contribution in [0.2, 0.25) is 0 Å². The fraction of sp³-hybridized carbons (Fsp3) is 0.250. The topological polar surface area (TPSA) is 162 Å². The Morgan fingerprint density at radius 2 is 0.389 bits per heavy atom. The van der Waals surface area contributed by atoms with E-state index >= 15 is 0 Å². The molecule has 8 aromatic rings. The average molecular weight is 961 g/mol. The zero-order chi connectivity index (χ0) is 51.4. The minimum Gasteiger partial charge on any atom is -0.507 e. The molecule has 0 radical (unpaired) electrons. The zero-order valence-electron chi connectivity index (χ0n) is 42.1. The smallest absolute Gasteiger partial charge is 0.126 e. The van der Waals surface area contributed by atoms with Gasteiger partial charge >= 0.3 is 0 Å². The molecule has 8 bridgehead atoms. The molecule has 4 atom stereocenters. The van der Waals surface area contributed by atoms with E-state index in [2.05, 4.69) is 0 Å². The first-order valence-electron chi connectivity index (χ1n) is 24.8. The first kappa shape index (κ1) is 49.2.